The molecule has 176 valence electrons. The van der Waals surface area contributed by atoms with E-state index in [1.165, 1.54) is 18.2 Å². The lowest BCUT2D eigenvalue weighted by atomic mass is 9.77. The van der Waals surface area contributed by atoms with Crippen molar-refractivity contribution in [3.63, 3.8) is 0 Å². The molecule has 2 aliphatic rings. The molecule has 0 fully saturated rings. The van der Waals surface area contributed by atoms with Crippen LogP contribution < -0.4 is 10.0 Å². The second-order valence-corrected chi connectivity index (χ2v) is 11.0. The summed E-state index contributed by atoms with van der Waals surface area (Å²) < 4.78 is 68.4. The van der Waals surface area contributed by atoms with E-state index in [1.807, 2.05) is 18.2 Å². The number of anilines is 2. The van der Waals surface area contributed by atoms with E-state index in [2.05, 4.69) is 44.2 Å². The summed E-state index contributed by atoms with van der Waals surface area (Å²) in [4.78, 5) is 0.00357. The van der Waals surface area contributed by atoms with E-state index in [4.69, 9.17) is 0 Å². The molecule has 0 saturated carbocycles. The average molecular weight is 549 g/mol. The Kier molecular flexibility index (Phi) is 5.72. The Balaban J connectivity index is 1.47. The molecule has 0 spiro atoms. The van der Waals surface area contributed by atoms with Crippen LogP contribution in [0.4, 0.5) is 24.5 Å². The Morgan fingerprint density at radius 1 is 0.971 bits per heavy atom. The molecule has 3 aromatic carbocycles. The van der Waals surface area contributed by atoms with Crippen LogP contribution in [0.1, 0.15) is 35.1 Å². The first-order valence-electron chi connectivity index (χ1n) is 10.7. The van der Waals surface area contributed by atoms with Gasteiger partial charge in [-0.2, -0.15) is 13.2 Å². The van der Waals surface area contributed by atoms with Gasteiger partial charge in [-0.3, -0.25) is 4.72 Å². The lowest BCUT2D eigenvalue weighted by molar-refractivity contribution is -0.137. The van der Waals surface area contributed by atoms with Crippen molar-refractivity contribution in [1.82, 2.24) is 0 Å². The van der Waals surface area contributed by atoms with Crippen LogP contribution >= 0.6 is 15.9 Å². The fourth-order valence-electron chi connectivity index (χ4n) is 4.75. The van der Waals surface area contributed by atoms with Crippen LogP contribution in [-0.2, 0) is 16.2 Å². The zero-order valence-corrected chi connectivity index (χ0v) is 20.1. The third-order valence-corrected chi connectivity index (χ3v) is 8.43. The number of sulfonamides is 1. The number of allylic oxidation sites excluding steroid dienone is 2. The molecule has 1 heterocycles. The number of hydrogen-bond donors (Lipinski definition) is 2. The summed E-state index contributed by atoms with van der Waals surface area (Å²) in [6, 6.07) is 17.0. The molecular weight excluding hydrogens is 529 g/mol. The number of halogens is 4. The second-order valence-electron chi connectivity index (χ2n) is 8.43. The van der Waals surface area contributed by atoms with Crippen molar-refractivity contribution in [2.75, 3.05) is 10.0 Å². The van der Waals surface area contributed by atoms with E-state index < -0.39 is 21.8 Å². The zero-order chi connectivity index (χ0) is 24.1. The van der Waals surface area contributed by atoms with E-state index in [0.717, 1.165) is 39.8 Å². The molecule has 3 aromatic rings. The molecule has 0 aromatic heterocycles. The van der Waals surface area contributed by atoms with Gasteiger partial charge in [-0.25, -0.2) is 8.42 Å². The first kappa shape index (κ1) is 23.0. The van der Waals surface area contributed by atoms with Gasteiger partial charge in [0, 0.05) is 21.8 Å². The minimum Gasteiger partial charge on any atom is -0.378 e. The van der Waals surface area contributed by atoms with Crippen LogP contribution in [0.3, 0.4) is 0 Å². The summed E-state index contributed by atoms with van der Waals surface area (Å²) in [5.74, 6) is 0.234. The Morgan fingerprint density at radius 3 is 2.53 bits per heavy atom. The lowest BCUT2D eigenvalue weighted by Crippen LogP contribution is -2.29. The molecule has 1 aliphatic heterocycles. The van der Waals surface area contributed by atoms with Crippen molar-refractivity contribution in [1.29, 1.82) is 0 Å². The number of fused-ring (bicyclic) bond motifs is 3. The number of hydrogen-bond acceptors (Lipinski definition) is 3. The monoisotopic (exact) mass is 548 g/mol. The molecule has 0 saturated heterocycles. The normalized spacial score (nSPS) is 21.5. The predicted molar refractivity (Wildman–Crippen MR) is 129 cm³/mol. The SMILES string of the molecule is O=S(=O)(Nc1cccc(C(F)(F)F)c1)c1ccc2c(c1)[C@@H]1C=CC[C@H]1[C@H](c1ccccc1Br)N2. The molecule has 0 bridgehead atoms. The highest BCUT2D eigenvalue weighted by Gasteiger charge is 2.39. The van der Waals surface area contributed by atoms with Crippen molar-refractivity contribution in [3.05, 3.63) is 100 Å². The highest BCUT2D eigenvalue weighted by atomic mass is 79.9. The third kappa shape index (κ3) is 4.22. The summed E-state index contributed by atoms with van der Waals surface area (Å²) in [5.41, 5.74) is 1.77. The molecule has 4 nitrogen and oxygen atoms in total. The second kappa shape index (κ2) is 8.46. The molecule has 34 heavy (non-hydrogen) atoms. The largest absolute Gasteiger partial charge is 0.416 e. The average Bonchev–Trinajstić information content (AvgIpc) is 3.28. The van der Waals surface area contributed by atoms with Gasteiger partial charge in [-0.15, -0.1) is 0 Å². The van der Waals surface area contributed by atoms with Crippen LogP contribution in [0.5, 0.6) is 0 Å². The van der Waals surface area contributed by atoms with Gasteiger partial charge in [0.15, 0.2) is 0 Å². The Hall–Kier alpha value is -2.78. The smallest absolute Gasteiger partial charge is 0.378 e. The van der Waals surface area contributed by atoms with Crippen molar-refractivity contribution in [3.8, 4) is 0 Å². The Bertz CT molecular complexity index is 1390. The van der Waals surface area contributed by atoms with Crippen LogP contribution in [-0.4, -0.2) is 8.42 Å². The van der Waals surface area contributed by atoms with Crippen molar-refractivity contribution >= 4 is 37.3 Å². The molecule has 3 atom stereocenters. The molecule has 2 N–H and O–H groups in total. The topological polar surface area (TPSA) is 58.2 Å². The Morgan fingerprint density at radius 2 is 1.76 bits per heavy atom. The van der Waals surface area contributed by atoms with Gasteiger partial charge in [0.25, 0.3) is 10.0 Å². The van der Waals surface area contributed by atoms with Crippen molar-refractivity contribution < 1.29 is 21.6 Å². The van der Waals surface area contributed by atoms with E-state index >= 15 is 0 Å². The van der Waals surface area contributed by atoms with Gasteiger partial charge in [-0.1, -0.05) is 52.3 Å². The fourth-order valence-corrected chi connectivity index (χ4v) is 6.36. The van der Waals surface area contributed by atoms with Gasteiger partial charge in [-0.05, 0) is 65.9 Å². The quantitative estimate of drug-likeness (QED) is 0.342. The van der Waals surface area contributed by atoms with Crippen LogP contribution in [0.2, 0.25) is 0 Å². The molecule has 0 radical (unpaired) electrons. The third-order valence-electron chi connectivity index (χ3n) is 6.33. The number of nitrogens with one attached hydrogen (secondary N) is 2. The van der Waals surface area contributed by atoms with Gasteiger partial charge < -0.3 is 5.32 Å². The van der Waals surface area contributed by atoms with Crippen LogP contribution in [0.15, 0.2) is 88.3 Å². The molecule has 0 amide bonds. The lowest BCUT2D eigenvalue weighted by Gasteiger charge is -2.38. The van der Waals surface area contributed by atoms with Gasteiger partial charge in [0.05, 0.1) is 16.5 Å². The first-order chi connectivity index (χ1) is 16.1. The van der Waals surface area contributed by atoms with E-state index in [9.17, 15) is 21.6 Å². The van der Waals surface area contributed by atoms with Crippen molar-refractivity contribution in [2.45, 2.75) is 29.5 Å². The summed E-state index contributed by atoms with van der Waals surface area (Å²) in [6.45, 7) is 0. The van der Waals surface area contributed by atoms with E-state index in [0.29, 0.717) is 0 Å². The molecular formula is C25H20BrF3N2O2S. The molecule has 5 rings (SSSR count). The molecule has 0 unspecified atom stereocenters. The minimum atomic E-state index is -4.56. The van der Waals surface area contributed by atoms with Gasteiger partial charge >= 0.3 is 6.18 Å². The number of benzene rings is 3. The van der Waals surface area contributed by atoms with Gasteiger partial charge in [0.1, 0.15) is 0 Å². The van der Waals surface area contributed by atoms with Crippen molar-refractivity contribution in [2.24, 2.45) is 5.92 Å². The number of rotatable bonds is 4. The van der Waals surface area contributed by atoms with Crippen LogP contribution in [0.25, 0.3) is 0 Å². The molecule has 9 heteroatoms. The predicted octanol–water partition coefficient (Wildman–Crippen LogP) is 7.10. The Labute approximate surface area is 204 Å². The summed E-state index contributed by atoms with van der Waals surface area (Å²) in [5, 5.41) is 3.57. The highest BCUT2D eigenvalue weighted by Crippen LogP contribution is 2.51. The van der Waals surface area contributed by atoms with Crippen LogP contribution in [0, 0.1) is 5.92 Å². The minimum absolute atomic E-state index is 0.00357. The molecule has 1 aliphatic carbocycles. The fraction of sp³-hybridized carbons (Fsp3) is 0.200. The highest BCUT2D eigenvalue weighted by molar-refractivity contribution is 9.10. The zero-order valence-electron chi connectivity index (χ0n) is 17.7. The summed E-state index contributed by atoms with van der Waals surface area (Å²) in [7, 11) is -4.09. The van der Waals surface area contributed by atoms with Gasteiger partial charge in [0.2, 0.25) is 0 Å². The summed E-state index contributed by atoms with van der Waals surface area (Å²) >= 11 is 3.64. The maximum absolute atomic E-state index is 13.0. The first-order valence-corrected chi connectivity index (χ1v) is 12.9. The van der Waals surface area contributed by atoms with E-state index in [-0.39, 0.29) is 28.5 Å². The maximum Gasteiger partial charge on any atom is 0.416 e. The maximum atomic E-state index is 13.0. The van der Waals surface area contributed by atoms with E-state index in [1.54, 1.807) is 12.1 Å². The number of alkyl halides is 3. The summed E-state index contributed by atoms with van der Waals surface area (Å²) in [6.07, 6.45) is 0.498. The standard InChI is InChI=1S/C25H20BrF3N2O2S/c26-22-10-2-1-7-20(22)24-19-9-4-8-18(19)21-14-17(11-12-23(21)30-24)34(32,33)31-16-6-3-5-15(13-16)25(27,28)29/h1-8,10-14,18-19,24,30-31H,9H2/t18-,19-,24-/m1/s1.